The number of nitrogens with one attached hydrogen (secondary N) is 1. The van der Waals surface area contributed by atoms with Gasteiger partial charge in [-0.1, -0.05) is 24.1 Å². The normalized spacial score (nSPS) is 21.9. The lowest BCUT2D eigenvalue weighted by molar-refractivity contribution is -0.139. The van der Waals surface area contributed by atoms with Crippen LogP contribution in [0.3, 0.4) is 0 Å². The van der Waals surface area contributed by atoms with Crippen LogP contribution in [0.5, 0.6) is 0 Å². The molecule has 0 radical (unpaired) electrons. The number of carbonyl (C=O) groups excluding carboxylic acids is 1. The first-order valence-electron chi connectivity index (χ1n) is 10.9. The zero-order valence-corrected chi connectivity index (χ0v) is 18.6. The van der Waals surface area contributed by atoms with Gasteiger partial charge in [0.25, 0.3) is 0 Å². The number of likely N-dealkylation sites (tertiary alicyclic amines) is 1. The molecule has 160 valence electrons. The third-order valence-electron chi connectivity index (χ3n) is 6.91. The van der Waals surface area contributed by atoms with Crippen molar-refractivity contribution in [3.05, 3.63) is 24.4 Å². The molecule has 3 fully saturated rings. The number of piperidine rings is 1. The predicted molar refractivity (Wildman–Crippen MR) is 123 cm³/mol. The molecule has 0 aliphatic carbocycles. The minimum atomic E-state index is 0.191. The lowest BCUT2D eigenvalue weighted by Crippen LogP contribution is -2.59. The molecule has 8 heteroatoms. The summed E-state index contributed by atoms with van der Waals surface area (Å²) < 4.78 is 2.41. The van der Waals surface area contributed by atoms with Crippen molar-refractivity contribution in [3.8, 4) is 0 Å². The molecule has 1 amide bonds. The Morgan fingerprint density at radius 3 is 2.73 bits per heavy atom. The van der Waals surface area contributed by atoms with Gasteiger partial charge >= 0.3 is 0 Å². The molecule has 1 spiro atoms. The van der Waals surface area contributed by atoms with Gasteiger partial charge in [0.2, 0.25) is 11.9 Å². The van der Waals surface area contributed by atoms with Gasteiger partial charge in [-0.05, 0) is 31.6 Å². The van der Waals surface area contributed by atoms with Gasteiger partial charge in [-0.15, -0.1) is 0 Å². The fraction of sp³-hybridized carbons (Fsp3) is 0.591. The van der Waals surface area contributed by atoms with Gasteiger partial charge < -0.3 is 15.1 Å². The number of nitrogens with zero attached hydrogens (tertiary/aromatic N) is 5. The molecule has 0 unspecified atom stereocenters. The topological polar surface area (TPSA) is 64.6 Å². The number of benzene rings is 1. The lowest BCUT2D eigenvalue weighted by Gasteiger charge is -2.47. The van der Waals surface area contributed by atoms with Crippen molar-refractivity contribution >= 4 is 40.4 Å². The van der Waals surface area contributed by atoms with Gasteiger partial charge in [0.05, 0.1) is 11.2 Å². The summed E-state index contributed by atoms with van der Waals surface area (Å²) in [6.45, 7) is 7.66. The van der Waals surface area contributed by atoms with Crippen molar-refractivity contribution in [3.63, 3.8) is 0 Å². The summed E-state index contributed by atoms with van der Waals surface area (Å²) in [6, 6.07) is 6.79. The van der Waals surface area contributed by atoms with Crippen LogP contribution in [0.15, 0.2) is 24.4 Å². The number of carbonyl (C=O) groups is 1. The van der Waals surface area contributed by atoms with Crippen molar-refractivity contribution in [1.29, 1.82) is 0 Å². The van der Waals surface area contributed by atoms with Crippen molar-refractivity contribution in [1.82, 2.24) is 19.2 Å². The molecular weight excluding hydrogens is 396 g/mol. The second-order valence-corrected chi connectivity index (χ2v) is 9.87. The molecule has 4 heterocycles. The van der Waals surface area contributed by atoms with Crippen LogP contribution in [0.1, 0.15) is 26.2 Å². The van der Waals surface area contributed by atoms with E-state index in [9.17, 15) is 4.79 Å². The van der Waals surface area contributed by atoms with E-state index in [0.717, 1.165) is 75.4 Å². The molecule has 1 aromatic heterocycles. The number of rotatable bonds is 4. The second-order valence-electron chi connectivity index (χ2n) is 8.99. The van der Waals surface area contributed by atoms with E-state index in [4.69, 9.17) is 4.98 Å². The van der Waals surface area contributed by atoms with E-state index in [-0.39, 0.29) is 11.3 Å². The van der Waals surface area contributed by atoms with Crippen molar-refractivity contribution in [2.75, 3.05) is 55.7 Å². The molecule has 1 aromatic carbocycles. The smallest absolute Gasteiger partial charge is 0.223 e. The molecule has 7 nitrogen and oxygen atoms in total. The number of fused-ring (bicyclic) bond motifs is 1. The Morgan fingerprint density at radius 1 is 1.20 bits per heavy atom. The van der Waals surface area contributed by atoms with E-state index in [1.165, 1.54) is 5.69 Å². The average molecular weight is 427 g/mol. The van der Waals surface area contributed by atoms with Gasteiger partial charge in [-0.2, -0.15) is 0 Å². The molecule has 2 aromatic rings. The van der Waals surface area contributed by atoms with Crippen LogP contribution in [-0.4, -0.2) is 76.6 Å². The first-order valence-corrected chi connectivity index (χ1v) is 12.1. The van der Waals surface area contributed by atoms with Crippen LogP contribution in [-0.2, 0) is 4.79 Å². The van der Waals surface area contributed by atoms with E-state index in [2.05, 4.69) is 44.0 Å². The standard InChI is InChI=1S/C22H30N6OS/c1-16(29)27-14-22(15-27)8-11-26(13-22)19-5-3-4-17-12-23-21(25-20(17)19)24-18-6-9-28(30-2)10-7-18/h3-5,12,18H,6-11,13-15H2,1-2H3,(H,23,24,25). The number of hydrogen-bond acceptors (Lipinski definition) is 7. The molecule has 1 N–H and O–H groups in total. The SMILES string of the molecule is CSN1CCC(Nc2ncc3cccc(N4CCC5(CN(C(C)=O)C5)C4)c3n2)CC1. The number of hydrogen-bond donors (Lipinski definition) is 1. The lowest BCUT2D eigenvalue weighted by atomic mass is 9.79. The Labute approximate surface area is 182 Å². The zero-order chi connectivity index (χ0) is 20.7. The Kier molecular flexibility index (Phi) is 5.23. The minimum Gasteiger partial charge on any atom is -0.369 e. The fourth-order valence-corrected chi connectivity index (χ4v) is 5.69. The predicted octanol–water partition coefficient (Wildman–Crippen LogP) is 2.84. The van der Waals surface area contributed by atoms with Crippen molar-refractivity contribution in [2.24, 2.45) is 5.41 Å². The van der Waals surface area contributed by atoms with Crippen molar-refractivity contribution in [2.45, 2.75) is 32.2 Å². The van der Waals surface area contributed by atoms with Gasteiger partial charge in [-0.3, -0.25) is 9.10 Å². The highest BCUT2D eigenvalue weighted by Crippen LogP contribution is 2.42. The highest BCUT2D eigenvalue weighted by Gasteiger charge is 2.48. The molecular formula is C22H30N6OS. The largest absolute Gasteiger partial charge is 0.369 e. The van der Waals surface area contributed by atoms with Gasteiger partial charge in [0.1, 0.15) is 0 Å². The highest BCUT2D eigenvalue weighted by molar-refractivity contribution is 7.96. The third kappa shape index (κ3) is 3.71. The molecule has 3 aliphatic heterocycles. The number of aromatic nitrogens is 2. The quantitative estimate of drug-likeness (QED) is 0.754. The average Bonchev–Trinajstić information content (AvgIpc) is 3.18. The Hall–Kier alpha value is -2.06. The maximum absolute atomic E-state index is 11.6. The Bertz CT molecular complexity index is 938. The van der Waals surface area contributed by atoms with Crippen LogP contribution in [0.4, 0.5) is 11.6 Å². The molecule has 3 saturated heterocycles. The van der Waals surface area contributed by atoms with Gasteiger partial charge in [0, 0.05) is 69.2 Å². The number of anilines is 2. The summed E-state index contributed by atoms with van der Waals surface area (Å²) in [5.74, 6) is 0.925. The maximum Gasteiger partial charge on any atom is 0.223 e. The summed E-state index contributed by atoms with van der Waals surface area (Å²) in [4.78, 5) is 25.6. The van der Waals surface area contributed by atoms with E-state index in [0.29, 0.717) is 6.04 Å². The monoisotopic (exact) mass is 426 g/mol. The molecule has 0 atom stereocenters. The van der Waals surface area contributed by atoms with Crippen LogP contribution < -0.4 is 10.2 Å². The molecule has 3 aliphatic rings. The highest BCUT2D eigenvalue weighted by atomic mass is 32.2. The van der Waals surface area contributed by atoms with Gasteiger partial charge in [-0.25, -0.2) is 9.97 Å². The van der Waals surface area contributed by atoms with Crippen LogP contribution in [0.2, 0.25) is 0 Å². The molecule has 0 bridgehead atoms. The summed E-state index contributed by atoms with van der Waals surface area (Å²) in [7, 11) is 0. The third-order valence-corrected chi connectivity index (χ3v) is 7.79. The molecule has 0 saturated carbocycles. The molecule has 5 rings (SSSR count). The number of para-hydroxylation sites is 1. The van der Waals surface area contributed by atoms with Crippen LogP contribution in [0, 0.1) is 5.41 Å². The first-order chi connectivity index (χ1) is 14.5. The zero-order valence-electron chi connectivity index (χ0n) is 17.8. The summed E-state index contributed by atoms with van der Waals surface area (Å²) >= 11 is 1.83. The van der Waals surface area contributed by atoms with E-state index in [1.807, 2.05) is 23.0 Å². The Morgan fingerprint density at radius 2 is 2.00 bits per heavy atom. The second kappa shape index (κ2) is 7.89. The van der Waals surface area contributed by atoms with Crippen molar-refractivity contribution < 1.29 is 4.79 Å². The maximum atomic E-state index is 11.6. The fourth-order valence-electron chi connectivity index (χ4n) is 5.12. The summed E-state index contributed by atoms with van der Waals surface area (Å²) in [5.41, 5.74) is 2.47. The summed E-state index contributed by atoms with van der Waals surface area (Å²) in [5, 5.41) is 4.65. The minimum absolute atomic E-state index is 0.191. The van der Waals surface area contributed by atoms with E-state index >= 15 is 0 Å². The van der Waals surface area contributed by atoms with Gasteiger partial charge in [0.15, 0.2) is 0 Å². The first kappa shape index (κ1) is 19.9. The molecule has 30 heavy (non-hydrogen) atoms. The van der Waals surface area contributed by atoms with E-state index < -0.39 is 0 Å². The summed E-state index contributed by atoms with van der Waals surface area (Å²) in [6.07, 6.45) is 7.46. The Balaban J connectivity index is 1.32. The van der Waals surface area contributed by atoms with E-state index in [1.54, 1.807) is 6.92 Å². The van der Waals surface area contributed by atoms with Crippen LogP contribution >= 0.6 is 11.9 Å². The number of amides is 1. The van der Waals surface area contributed by atoms with Crippen LogP contribution in [0.25, 0.3) is 10.9 Å².